The Balaban J connectivity index is 2.14. The second-order valence-corrected chi connectivity index (χ2v) is 5.95. The molecule has 0 amide bonds. The Kier molecular flexibility index (Phi) is 1.67. The lowest BCUT2D eigenvalue weighted by atomic mass is 9.97. The van der Waals surface area contributed by atoms with Crippen molar-refractivity contribution in [2.45, 2.75) is 0 Å². The first kappa shape index (κ1) is 9.76. The summed E-state index contributed by atoms with van der Waals surface area (Å²) >= 11 is 1.85. The van der Waals surface area contributed by atoms with Crippen molar-refractivity contribution in [3.8, 4) is 21.6 Å². The molecule has 0 N–H and O–H groups in total. The van der Waals surface area contributed by atoms with Crippen LogP contribution in [0.5, 0.6) is 0 Å². The highest BCUT2D eigenvalue weighted by molar-refractivity contribution is 7.14. The Morgan fingerprint density at radius 3 is 2.58 bits per heavy atom. The number of fused-ring (bicyclic) bond motifs is 5. The summed E-state index contributed by atoms with van der Waals surface area (Å²) in [4.78, 5) is 1.43. The standard InChI is InChI=1S/C18H10S/c1-2-5-12-11(4-1)10-16-17-13(12)6-3-7-14(17)15-8-9-19-18(15)16/h1-10H. The fraction of sp³-hybridized carbons (Fsp3) is 0. The predicted octanol–water partition coefficient (Wildman–Crippen LogP) is 5.70. The summed E-state index contributed by atoms with van der Waals surface area (Å²) in [5.41, 5.74) is 4.21. The summed E-state index contributed by atoms with van der Waals surface area (Å²) in [7, 11) is 0. The second-order valence-electron chi connectivity index (χ2n) is 5.04. The highest BCUT2D eigenvalue weighted by Gasteiger charge is 2.23. The van der Waals surface area contributed by atoms with E-state index in [9.17, 15) is 0 Å². The lowest BCUT2D eigenvalue weighted by Gasteiger charge is -2.07. The summed E-state index contributed by atoms with van der Waals surface area (Å²) in [6, 6.07) is 20.0. The Hall–Kier alpha value is -2.12. The van der Waals surface area contributed by atoms with Crippen LogP contribution in [0.25, 0.3) is 43.1 Å². The molecule has 88 valence electrons. The summed E-state index contributed by atoms with van der Waals surface area (Å²) in [6.45, 7) is 0. The third-order valence-corrected chi connectivity index (χ3v) is 5.03. The SMILES string of the molecule is c1ccc2c(c1)cc1c3c(cccc32)-c2ccsc2-1. The van der Waals surface area contributed by atoms with Gasteiger partial charge in [-0.3, -0.25) is 0 Å². The van der Waals surface area contributed by atoms with E-state index in [-0.39, 0.29) is 0 Å². The predicted molar refractivity (Wildman–Crippen MR) is 83.8 cm³/mol. The lowest BCUT2D eigenvalue weighted by Crippen LogP contribution is -1.79. The number of hydrogen-bond donors (Lipinski definition) is 0. The molecule has 1 aromatic heterocycles. The van der Waals surface area contributed by atoms with Gasteiger partial charge in [-0.25, -0.2) is 0 Å². The van der Waals surface area contributed by atoms with Crippen LogP contribution in [0.2, 0.25) is 0 Å². The van der Waals surface area contributed by atoms with Crippen molar-refractivity contribution in [2.75, 3.05) is 0 Å². The van der Waals surface area contributed by atoms with Crippen LogP contribution in [0.4, 0.5) is 0 Å². The van der Waals surface area contributed by atoms with Crippen LogP contribution in [-0.2, 0) is 0 Å². The van der Waals surface area contributed by atoms with Crippen LogP contribution < -0.4 is 0 Å². The first-order valence-electron chi connectivity index (χ1n) is 6.46. The Bertz CT molecular complexity index is 960. The lowest BCUT2D eigenvalue weighted by molar-refractivity contribution is 1.78. The maximum absolute atomic E-state index is 2.35. The van der Waals surface area contributed by atoms with Crippen molar-refractivity contribution in [1.82, 2.24) is 0 Å². The highest BCUT2D eigenvalue weighted by atomic mass is 32.1. The van der Waals surface area contributed by atoms with Gasteiger partial charge in [0.25, 0.3) is 0 Å². The van der Waals surface area contributed by atoms with Crippen molar-refractivity contribution in [1.29, 1.82) is 0 Å². The van der Waals surface area contributed by atoms with Gasteiger partial charge in [0, 0.05) is 16.0 Å². The van der Waals surface area contributed by atoms with Crippen LogP contribution in [0.1, 0.15) is 0 Å². The summed E-state index contributed by atoms with van der Waals surface area (Å²) in [5, 5.41) is 7.71. The maximum Gasteiger partial charge on any atom is 0.0428 e. The van der Waals surface area contributed by atoms with E-state index in [2.05, 4.69) is 60.0 Å². The first-order valence-corrected chi connectivity index (χ1v) is 7.34. The fourth-order valence-electron chi connectivity index (χ4n) is 3.30. The van der Waals surface area contributed by atoms with Crippen molar-refractivity contribution in [3.05, 3.63) is 60.0 Å². The monoisotopic (exact) mass is 258 g/mol. The van der Waals surface area contributed by atoms with Gasteiger partial charge in [-0.2, -0.15) is 0 Å². The van der Waals surface area contributed by atoms with E-state index < -0.39 is 0 Å². The molecule has 4 aromatic rings. The van der Waals surface area contributed by atoms with Gasteiger partial charge in [-0.05, 0) is 44.6 Å². The molecule has 0 fully saturated rings. The molecule has 0 unspecified atom stereocenters. The molecule has 1 heteroatoms. The van der Waals surface area contributed by atoms with E-state index in [1.807, 2.05) is 11.3 Å². The van der Waals surface area contributed by atoms with Gasteiger partial charge >= 0.3 is 0 Å². The van der Waals surface area contributed by atoms with E-state index in [4.69, 9.17) is 0 Å². The summed E-state index contributed by atoms with van der Waals surface area (Å²) in [6.07, 6.45) is 0. The van der Waals surface area contributed by atoms with Gasteiger partial charge in [-0.15, -0.1) is 11.3 Å². The van der Waals surface area contributed by atoms with Crippen LogP contribution >= 0.6 is 11.3 Å². The number of benzene rings is 3. The molecule has 0 spiro atoms. The van der Waals surface area contributed by atoms with Crippen molar-refractivity contribution >= 4 is 32.9 Å². The molecule has 5 rings (SSSR count). The zero-order valence-electron chi connectivity index (χ0n) is 10.2. The molecule has 0 radical (unpaired) electrons. The third-order valence-electron chi connectivity index (χ3n) is 4.08. The quantitative estimate of drug-likeness (QED) is 0.312. The van der Waals surface area contributed by atoms with Crippen LogP contribution in [-0.4, -0.2) is 0 Å². The summed E-state index contributed by atoms with van der Waals surface area (Å²) in [5.74, 6) is 0. The van der Waals surface area contributed by atoms with E-state index in [0.29, 0.717) is 0 Å². The average molecular weight is 258 g/mol. The Labute approximate surface area is 114 Å². The Morgan fingerprint density at radius 1 is 0.684 bits per heavy atom. The minimum absolute atomic E-state index is 1.34. The molecule has 1 aliphatic carbocycles. The number of hydrogen-bond acceptors (Lipinski definition) is 1. The van der Waals surface area contributed by atoms with E-state index >= 15 is 0 Å². The molecule has 0 nitrogen and oxygen atoms in total. The molecular weight excluding hydrogens is 248 g/mol. The van der Waals surface area contributed by atoms with Gasteiger partial charge in [0.05, 0.1) is 0 Å². The molecule has 3 aromatic carbocycles. The zero-order valence-corrected chi connectivity index (χ0v) is 11.0. The topological polar surface area (TPSA) is 0 Å². The molecule has 1 heterocycles. The molecule has 1 aliphatic rings. The van der Waals surface area contributed by atoms with Crippen LogP contribution in [0, 0.1) is 0 Å². The Morgan fingerprint density at radius 2 is 1.58 bits per heavy atom. The molecule has 0 saturated carbocycles. The number of thiophene rings is 1. The number of rotatable bonds is 0. The minimum Gasteiger partial charge on any atom is -0.143 e. The van der Waals surface area contributed by atoms with Gasteiger partial charge < -0.3 is 0 Å². The molecule has 0 saturated heterocycles. The molecule has 0 atom stereocenters. The van der Waals surface area contributed by atoms with Gasteiger partial charge in [0.2, 0.25) is 0 Å². The largest absolute Gasteiger partial charge is 0.143 e. The van der Waals surface area contributed by atoms with E-state index in [1.165, 1.54) is 43.1 Å². The van der Waals surface area contributed by atoms with Crippen molar-refractivity contribution in [2.24, 2.45) is 0 Å². The first-order chi connectivity index (χ1) is 9.43. The van der Waals surface area contributed by atoms with Crippen LogP contribution in [0.15, 0.2) is 60.0 Å². The normalized spacial score (nSPS) is 12.2. The van der Waals surface area contributed by atoms with Gasteiger partial charge in [0.1, 0.15) is 0 Å². The third kappa shape index (κ3) is 1.09. The summed E-state index contributed by atoms with van der Waals surface area (Å²) < 4.78 is 0. The zero-order chi connectivity index (χ0) is 12.4. The molecule has 0 aliphatic heterocycles. The van der Waals surface area contributed by atoms with E-state index in [1.54, 1.807) is 0 Å². The average Bonchev–Trinajstić information content (AvgIpc) is 3.04. The minimum atomic E-state index is 1.34. The van der Waals surface area contributed by atoms with Crippen molar-refractivity contribution in [3.63, 3.8) is 0 Å². The van der Waals surface area contributed by atoms with Gasteiger partial charge in [0.15, 0.2) is 0 Å². The van der Waals surface area contributed by atoms with Crippen LogP contribution in [0.3, 0.4) is 0 Å². The van der Waals surface area contributed by atoms with E-state index in [0.717, 1.165) is 0 Å². The fourth-order valence-corrected chi connectivity index (χ4v) is 4.23. The maximum atomic E-state index is 2.35. The second kappa shape index (κ2) is 3.25. The van der Waals surface area contributed by atoms with Crippen molar-refractivity contribution < 1.29 is 0 Å². The van der Waals surface area contributed by atoms with Gasteiger partial charge in [-0.1, -0.05) is 42.5 Å². The highest BCUT2D eigenvalue weighted by Crippen LogP contribution is 2.51. The smallest absolute Gasteiger partial charge is 0.0428 e. The molecular formula is C18H10S. The molecule has 19 heavy (non-hydrogen) atoms. The molecule has 0 bridgehead atoms.